The van der Waals surface area contributed by atoms with E-state index in [4.69, 9.17) is 14.4 Å². The van der Waals surface area contributed by atoms with Crippen LogP contribution >= 0.6 is 0 Å². The number of esters is 1. The topological polar surface area (TPSA) is 83.5 Å². The first-order valence-corrected chi connectivity index (χ1v) is 7.43. The van der Waals surface area contributed by atoms with Gasteiger partial charge in [0, 0.05) is 18.3 Å². The van der Waals surface area contributed by atoms with E-state index in [2.05, 4.69) is 0 Å². The third kappa shape index (κ3) is 4.78. The summed E-state index contributed by atoms with van der Waals surface area (Å²) in [5.41, 5.74) is 0.198. The predicted octanol–water partition coefficient (Wildman–Crippen LogP) is 2.92. The molecule has 1 aromatic heterocycles. The van der Waals surface area contributed by atoms with Gasteiger partial charge in [-0.2, -0.15) is 5.26 Å². The van der Waals surface area contributed by atoms with Crippen LogP contribution in [0.15, 0.2) is 52.7 Å². The molecule has 1 amide bonds. The molecule has 128 valence electrons. The molecule has 6 nitrogen and oxygen atoms in total. The number of nitrogens with zero attached hydrogens (tertiary/aromatic N) is 2. The molecule has 1 heterocycles. The average Bonchev–Trinajstić information content (AvgIpc) is 3.13. The number of benzene rings is 1. The highest BCUT2D eigenvalue weighted by Crippen LogP contribution is 2.15. The van der Waals surface area contributed by atoms with Crippen LogP contribution in [-0.2, 0) is 14.3 Å². The summed E-state index contributed by atoms with van der Waals surface area (Å²) in [6.45, 7) is 1.51. The maximum Gasteiger partial charge on any atom is 0.349 e. The third-order valence-corrected chi connectivity index (χ3v) is 3.25. The summed E-state index contributed by atoms with van der Waals surface area (Å²) in [4.78, 5) is 25.5. The lowest BCUT2D eigenvalue weighted by Crippen LogP contribution is -2.34. The molecule has 0 saturated heterocycles. The summed E-state index contributed by atoms with van der Waals surface area (Å²) < 4.78 is 22.9. The molecule has 0 aliphatic carbocycles. The second-order valence-corrected chi connectivity index (χ2v) is 4.88. The standard InChI is InChI=1S/C18H15FN2O4/c1-2-21(15-7-5-14(19)6-8-15)17(22)12-25-18(23)13(11-20)10-16-4-3-9-24-16/h3-10H,2,12H2,1H3/b13-10+. The summed E-state index contributed by atoms with van der Waals surface area (Å²) in [7, 11) is 0. The molecular weight excluding hydrogens is 327 g/mol. The maximum atomic E-state index is 13.0. The van der Waals surface area contributed by atoms with Crippen molar-refractivity contribution in [1.82, 2.24) is 0 Å². The number of hydrogen-bond acceptors (Lipinski definition) is 5. The second-order valence-electron chi connectivity index (χ2n) is 4.88. The second kappa shape index (κ2) is 8.45. The van der Waals surface area contributed by atoms with Gasteiger partial charge >= 0.3 is 5.97 Å². The minimum absolute atomic E-state index is 0.285. The first kappa shape index (κ1) is 17.9. The van der Waals surface area contributed by atoms with Gasteiger partial charge in [-0.3, -0.25) is 4.79 Å². The number of furan rings is 1. The van der Waals surface area contributed by atoms with Crippen molar-refractivity contribution in [1.29, 1.82) is 5.26 Å². The fourth-order valence-corrected chi connectivity index (χ4v) is 2.06. The predicted molar refractivity (Wildman–Crippen MR) is 87.7 cm³/mol. The van der Waals surface area contributed by atoms with Crippen molar-refractivity contribution in [2.24, 2.45) is 0 Å². The van der Waals surface area contributed by atoms with E-state index in [1.807, 2.05) is 0 Å². The number of carbonyl (C=O) groups excluding carboxylic acids is 2. The van der Waals surface area contributed by atoms with Gasteiger partial charge in [-0.05, 0) is 43.3 Å². The third-order valence-electron chi connectivity index (χ3n) is 3.25. The largest absolute Gasteiger partial charge is 0.465 e. The molecule has 25 heavy (non-hydrogen) atoms. The van der Waals surface area contributed by atoms with Crippen LogP contribution < -0.4 is 4.90 Å². The van der Waals surface area contributed by atoms with Crippen LogP contribution in [0, 0.1) is 17.1 Å². The van der Waals surface area contributed by atoms with Gasteiger partial charge in [0.1, 0.15) is 23.2 Å². The van der Waals surface area contributed by atoms with Crippen LogP contribution in [0.5, 0.6) is 0 Å². The van der Waals surface area contributed by atoms with Crippen molar-refractivity contribution in [3.8, 4) is 6.07 Å². The lowest BCUT2D eigenvalue weighted by Gasteiger charge is -2.20. The quantitative estimate of drug-likeness (QED) is 0.458. The molecule has 0 unspecified atom stereocenters. The van der Waals surface area contributed by atoms with E-state index < -0.39 is 24.3 Å². The number of halogens is 1. The zero-order valence-corrected chi connectivity index (χ0v) is 13.4. The first-order valence-electron chi connectivity index (χ1n) is 7.43. The molecule has 0 aliphatic heterocycles. The van der Waals surface area contributed by atoms with Crippen LogP contribution in [-0.4, -0.2) is 25.0 Å². The monoisotopic (exact) mass is 342 g/mol. The van der Waals surface area contributed by atoms with Crippen LogP contribution in [0.4, 0.5) is 10.1 Å². The molecule has 0 saturated carbocycles. The highest BCUT2D eigenvalue weighted by atomic mass is 19.1. The van der Waals surface area contributed by atoms with Gasteiger partial charge in [0.05, 0.1) is 6.26 Å². The Balaban J connectivity index is 2.01. The van der Waals surface area contributed by atoms with E-state index in [1.54, 1.807) is 25.1 Å². The minimum atomic E-state index is -0.928. The highest BCUT2D eigenvalue weighted by molar-refractivity contribution is 6.00. The molecule has 0 fully saturated rings. The van der Waals surface area contributed by atoms with Crippen LogP contribution in [0.3, 0.4) is 0 Å². The Morgan fingerprint density at radius 1 is 1.32 bits per heavy atom. The van der Waals surface area contributed by atoms with Crippen LogP contribution in [0.1, 0.15) is 12.7 Å². The Kier molecular flexibility index (Phi) is 6.07. The van der Waals surface area contributed by atoms with E-state index >= 15 is 0 Å². The van der Waals surface area contributed by atoms with Gasteiger partial charge in [0.2, 0.25) is 0 Å². The fraction of sp³-hybridized carbons (Fsp3) is 0.167. The zero-order chi connectivity index (χ0) is 18.2. The molecule has 2 aromatic rings. The summed E-state index contributed by atoms with van der Waals surface area (Å²) in [5, 5.41) is 9.03. The van der Waals surface area contributed by atoms with Crippen molar-refractivity contribution in [3.63, 3.8) is 0 Å². The number of likely N-dealkylation sites (N-methyl/N-ethyl adjacent to an activating group) is 1. The van der Waals surface area contributed by atoms with Crippen molar-refractivity contribution in [2.75, 3.05) is 18.1 Å². The van der Waals surface area contributed by atoms with Crippen molar-refractivity contribution >= 4 is 23.6 Å². The maximum absolute atomic E-state index is 13.0. The Morgan fingerprint density at radius 3 is 2.60 bits per heavy atom. The molecule has 0 bridgehead atoms. The molecular formula is C18H15FN2O4. The van der Waals surface area contributed by atoms with Gasteiger partial charge in [-0.25, -0.2) is 9.18 Å². The Bertz CT molecular complexity index is 805. The lowest BCUT2D eigenvalue weighted by atomic mass is 10.2. The Morgan fingerprint density at radius 2 is 2.04 bits per heavy atom. The Labute approximate surface area is 143 Å². The summed E-state index contributed by atoms with van der Waals surface area (Å²) >= 11 is 0. The van der Waals surface area contributed by atoms with Crippen molar-refractivity contribution < 1.29 is 23.1 Å². The average molecular weight is 342 g/mol. The van der Waals surface area contributed by atoms with Crippen LogP contribution in [0.2, 0.25) is 0 Å². The summed E-state index contributed by atoms with van der Waals surface area (Å²) in [6.07, 6.45) is 2.63. The zero-order valence-electron chi connectivity index (χ0n) is 13.4. The van der Waals surface area contributed by atoms with Gasteiger partial charge in [0.25, 0.3) is 5.91 Å². The molecule has 0 radical (unpaired) electrons. The highest BCUT2D eigenvalue weighted by Gasteiger charge is 2.18. The molecule has 0 atom stereocenters. The SMILES string of the molecule is CCN(C(=O)COC(=O)/C(C#N)=C/c1ccco1)c1ccc(F)cc1. The minimum Gasteiger partial charge on any atom is -0.465 e. The number of hydrogen-bond donors (Lipinski definition) is 0. The number of nitriles is 1. The van der Waals surface area contributed by atoms with Gasteiger partial charge < -0.3 is 14.1 Å². The summed E-state index contributed by atoms with van der Waals surface area (Å²) in [5.74, 6) is -1.51. The van der Waals surface area contributed by atoms with E-state index in [9.17, 15) is 14.0 Å². The van der Waals surface area contributed by atoms with E-state index in [0.717, 1.165) is 0 Å². The normalized spacial score (nSPS) is 10.8. The number of carbonyl (C=O) groups is 2. The number of anilines is 1. The Hall–Kier alpha value is -3.40. The molecule has 1 aromatic carbocycles. The van der Waals surface area contributed by atoms with Crippen LogP contribution in [0.25, 0.3) is 6.08 Å². The molecule has 0 aliphatic rings. The van der Waals surface area contributed by atoms with Crippen molar-refractivity contribution in [2.45, 2.75) is 6.92 Å². The molecule has 0 N–H and O–H groups in total. The molecule has 2 rings (SSSR count). The fourth-order valence-electron chi connectivity index (χ4n) is 2.06. The van der Waals surface area contributed by atoms with Crippen molar-refractivity contribution in [3.05, 3.63) is 59.8 Å². The smallest absolute Gasteiger partial charge is 0.349 e. The number of amides is 1. The van der Waals surface area contributed by atoms with E-state index in [0.29, 0.717) is 18.0 Å². The molecule has 0 spiro atoms. The van der Waals surface area contributed by atoms with Gasteiger partial charge in [-0.1, -0.05) is 0 Å². The molecule has 7 heteroatoms. The number of ether oxygens (including phenoxy) is 1. The summed E-state index contributed by atoms with van der Waals surface area (Å²) in [6, 6.07) is 10.3. The van der Waals surface area contributed by atoms with E-state index in [1.165, 1.54) is 41.5 Å². The lowest BCUT2D eigenvalue weighted by molar-refractivity contribution is -0.143. The number of rotatable bonds is 6. The van der Waals surface area contributed by atoms with Gasteiger partial charge in [0.15, 0.2) is 6.61 Å². The van der Waals surface area contributed by atoms with Gasteiger partial charge in [-0.15, -0.1) is 0 Å². The first-order chi connectivity index (χ1) is 12.0. The van der Waals surface area contributed by atoms with E-state index in [-0.39, 0.29) is 5.57 Å².